The van der Waals surface area contributed by atoms with Crippen LogP contribution in [0.3, 0.4) is 0 Å². The monoisotopic (exact) mass is 384 g/mol. The predicted octanol–water partition coefficient (Wildman–Crippen LogP) is 4.10. The number of oxime groups is 1. The van der Waals surface area contributed by atoms with Gasteiger partial charge in [-0.05, 0) is 58.4 Å². The van der Waals surface area contributed by atoms with Crippen molar-refractivity contribution in [3.8, 4) is 11.5 Å². The van der Waals surface area contributed by atoms with Gasteiger partial charge >= 0.3 is 0 Å². The quantitative estimate of drug-likeness (QED) is 0.361. The molecule has 2 aromatic carbocycles. The van der Waals surface area contributed by atoms with E-state index in [1.165, 1.54) is 0 Å². The van der Waals surface area contributed by atoms with E-state index < -0.39 is 0 Å². The van der Waals surface area contributed by atoms with Crippen molar-refractivity contribution in [2.45, 2.75) is 0 Å². The number of hydrogen-bond acceptors (Lipinski definition) is 3. The molecule has 0 bridgehead atoms. The van der Waals surface area contributed by atoms with Gasteiger partial charge in [-0.15, -0.1) is 0 Å². The average Bonchev–Trinajstić information content (AvgIpc) is 2.41. The number of ether oxygens (including phenoxy) is 1. The molecule has 0 aliphatic heterocycles. The summed E-state index contributed by atoms with van der Waals surface area (Å²) >= 11 is 6.72. The van der Waals surface area contributed by atoms with Crippen molar-refractivity contribution >= 4 is 37.7 Å². The van der Waals surface area contributed by atoms with Crippen LogP contribution in [0.2, 0.25) is 0 Å². The second-order valence-corrected chi connectivity index (χ2v) is 5.45. The molecule has 0 radical (unpaired) electrons. The normalized spacial score (nSPS) is 11.4. The molecule has 0 heterocycles. The van der Waals surface area contributed by atoms with E-state index in [0.29, 0.717) is 15.8 Å². The third-order valence-corrected chi connectivity index (χ3v) is 3.56. The molecule has 0 saturated heterocycles. The molecule has 6 heteroatoms. The molecule has 98 valence electrons. The van der Waals surface area contributed by atoms with Crippen molar-refractivity contribution in [1.29, 1.82) is 0 Å². The van der Waals surface area contributed by atoms with E-state index in [4.69, 9.17) is 15.7 Å². The molecule has 0 spiro atoms. The number of benzene rings is 2. The minimum absolute atomic E-state index is 0.0436. The Balaban J connectivity index is 2.23. The van der Waals surface area contributed by atoms with Crippen LogP contribution >= 0.6 is 31.9 Å². The first-order valence-corrected chi connectivity index (χ1v) is 6.89. The SMILES string of the molecule is N/C(=N/O)c1ccc(Oc2ccc(Br)cc2)cc1Br. The molecule has 3 N–H and O–H groups in total. The van der Waals surface area contributed by atoms with E-state index in [2.05, 4.69) is 37.0 Å². The zero-order valence-electron chi connectivity index (χ0n) is 9.68. The molecular formula is C13H10Br2N2O2. The molecule has 0 unspecified atom stereocenters. The second-order valence-electron chi connectivity index (χ2n) is 3.68. The average molecular weight is 386 g/mol. The van der Waals surface area contributed by atoms with Crippen molar-refractivity contribution < 1.29 is 9.94 Å². The Morgan fingerprint density at radius 1 is 1.05 bits per heavy atom. The van der Waals surface area contributed by atoms with Crippen molar-refractivity contribution in [2.24, 2.45) is 10.9 Å². The third kappa shape index (κ3) is 3.48. The van der Waals surface area contributed by atoms with Crippen LogP contribution in [0.4, 0.5) is 0 Å². The van der Waals surface area contributed by atoms with E-state index in [1.54, 1.807) is 18.2 Å². The van der Waals surface area contributed by atoms with Gasteiger partial charge in [-0.2, -0.15) is 0 Å². The Morgan fingerprint density at radius 3 is 2.26 bits per heavy atom. The van der Waals surface area contributed by atoms with E-state index >= 15 is 0 Å². The number of nitrogens with zero attached hydrogens (tertiary/aromatic N) is 1. The highest BCUT2D eigenvalue weighted by molar-refractivity contribution is 9.10. The van der Waals surface area contributed by atoms with Gasteiger partial charge in [0.2, 0.25) is 0 Å². The smallest absolute Gasteiger partial charge is 0.171 e. The van der Waals surface area contributed by atoms with Crippen LogP contribution in [0, 0.1) is 0 Å². The molecule has 0 aromatic heterocycles. The molecule has 0 amide bonds. The lowest BCUT2D eigenvalue weighted by atomic mass is 10.2. The van der Waals surface area contributed by atoms with Crippen LogP contribution in [0.1, 0.15) is 5.56 Å². The van der Waals surface area contributed by atoms with Crippen LogP contribution in [-0.2, 0) is 0 Å². The van der Waals surface area contributed by atoms with E-state index in [9.17, 15) is 0 Å². The summed E-state index contributed by atoms with van der Waals surface area (Å²) in [5, 5.41) is 11.6. The Labute approximate surface area is 127 Å². The second kappa shape index (κ2) is 6.08. The van der Waals surface area contributed by atoms with Crippen LogP contribution in [0.15, 0.2) is 56.6 Å². The number of amidine groups is 1. The maximum atomic E-state index is 8.65. The van der Waals surface area contributed by atoms with Gasteiger partial charge in [-0.3, -0.25) is 0 Å². The summed E-state index contributed by atoms with van der Waals surface area (Å²) in [6.45, 7) is 0. The number of nitrogens with two attached hydrogens (primary N) is 1. The van der Waals surface area contributed by atoms with Gasteiger partial charge in [-0.25, -0.2) is 0 Å². The molecule has 19 heavy (non-hydrogen) atoms. The third-order valence-electron chi connectivity index (χ3n) is 2.37. The van der Waals surface area contributed by atoms with E-state index in [0.717, 1.165) is 10.2 Å². The fourth-order valence-electron chi connectivity index (χ4n) is 1.46. The molecule has 0 fully saturated rings. The van der Waals surface area contributed by atoms with Crippen LogP contribution in [-0.4, -0.2) is 11.0 Å². The van der Waals surface area contributed by atoms with Gasteiger partial charge in [-0.1, -0.05) is 21.1 Å². The Morgan fingerprint density at radius 2 is 1.68 bits per heavy atom. The first-order valence-electron chi connectivity index (χ1n) is 5.31. The van der Waals surface area contributed by atoms with Gasteiger partial charge < -0.3 is 15.7 Å². The summed E-state index contributed by atoms with van der Waals surface area (Å²) in [5.74, 6) is 1.43. The largest absolute Gasteiger partial charge is 0.457 e. The number of rotatable bonds is 3. The zero-order chi connectivity index (χ0) is 13.8. The van der Waals surface area contributed by atoms with Crippen molar-refractivity contribution in [1.82, 2.24) is 0 Å². The first-order chi connectivity index (χ1) is 9.10. The molecule has 0 saturated carbocycles. The van der Waals surface area contributed by atoms with Gasteiger partial charge in [0.15, 0.2) is 5.84 Å². The van der Waals surface area contributed by atoms with Gasteiger partial charge in [0.05, 0.1) is 0 Å². The van der Waals surface area contributed by atoms with Crippen molar-refractivity contribution in [2.75, 3.05) is 0 Å². The lowest BCUT2D eigenvalue weighted by molar-refractivity contribution is 0.318. The standard InChI is InChI=1S/C13H10Br2N2O2/c14-8-1-3-9(4-2-8)19-10-5-6-11(12(15)7-10)13(16)17-18/h1-7,18H,(H2,16,17). The summed E-state index contributed by atoms with van der Waals surface area (Å²) in [5.41, 5.74) is 6.14. The minimum atomic E-state index is 0.0436. The predicted molar refractivity (Wildman–Crippen MR) is 80.9 cm³/mol. The highest BCUT2D eigenvalue weighted by atomic mass is 79.9. The molecule has 2 aromatic rings. The van der Waals surface area contributed by atoms with Gasteiger partial charge in [0.1, 0.15) is 11.5 Å². The van der Waals surface area contributed by atoms with Crippen molar-refractivity contribution in [3.05, 3.63) is 57.0 Å². The topological polar surface area (TPSA) is 67.8 Å². The number of halogens is 2. The maximum absolute atomic E-state index is 8.65. The van der Waals surface area contributed by atoms with E-state index in [-0.39, 0.29) is 5.84 Å². The molecular weight excluding hydrogens is 376 g/mol. The summed E-state index contributed by atoms with van der Waals surface area (Å²) < 4.78 is 7.37. The van der Waals surface area contributed by atoms with Crippen LogP contribution in [0.25, 0.3) is 0 Å². The van der Waals surface area contributed by atoms with E-state index in [1.807, 2.05) is 24.3 Å². The molecule has 2 rings (SSSR count). The van der Waals surface area contributed by atoms with Gasteiger partial charge in [0.25, 0.3) is 0 Å². The van der Waals surface area contributed by atoms with Crippen molar-refractivity contribution in [3.63, 3.8) is 0 Å². The fraction of sp³-hybridized carbons (Fsp3) is 0. The molecule has 0 atom stereocenters. The summed E-state index contributed by atoms with van der Waals surface area (Å²) in [7, 11) is 0. The number of hydrogen-bond donors (Lipinski definition) is 2. The summed E-state index contributed by atoms with van der Waals surface area (Å²) in [4.78, 5) is 0. The lowest BCUT2D eigenvalue weighted by Gasteiger charge is -2.08. The Hall–Kier alpha value is -1.53. The summed E-state index contributed by atoms with van der Waals surface area (Å²) in [6, 6.07) is 12.7. The maximum Gasteiger partial charge on any atom is 0.171 e. The van der Waals surface area contributed by atoms with Gasteiger partial charge in [0, 0.05) is 14.5 Å². The Kier molecular flexibility index (Phi) is 4.44. The molecule has 4 nitrogen and oxygen atoms in total. The molecule has 0 aliphatic carbocycles. The highest BCUT2D eigenvalue weighted by Gasteiger charge is 2.07. The summed E-state index contributed by atoms with van der Waals surface area (Å²) in [6.07, 6.45) is 0. The fourth-order valence-corrected chi connectivity index (χ4v) is 2.28. The Bertz CT molecular complexity index is 613. The first kappa shape index (κ1) is 13.9. The van der Waals surface area contributed by atoms with Crippen LogP contribution in [0.5, 0.6) is 11.5 Å². The minimum Gasteiger partial charge on any atom is -0.457 e. The highest BCUT2D eigenvalue weighted by Crippen LogP contribution is 2.27. The molecule has 0 aliphatic rings. The zero-order valence-corrected chi connectivity index (χ0v) is 12.8. The van der Waals surface area contributed by atoms with Crippen LogP contribution < -0.4 is 10.5 Å². The lowest BCUT2D eigenvalue weighted by Crippen LogP contribution is -2.13.